The quantitative estimate of drug-likeness (QED) is 0.652. The zero-order chi connectivity index (χ0) is 14.1. The molecule has 0 aromatic carbocycles. The Morgan fingerprint density at radius 2 is 1.94 bits per heavy atom. The first kappa shape index (κ1) is 14.8. The van der Waals surface area contributed by atoms with Crippen LogP contribution in [0.4, 0.5) is 0 Å². The highest BCUT2D eigenvalue weighted by Gasteiger charge is 2.40. The summed E-state index contributed by atoms with van der Waals surface area (Å²) in [7, 11) is -1.44. The van der Waals surface area contributed by atoms with E-state index in [1.54, 1.807) is 27.7 Å². The predicted molar refractivity (Wildman–Crippen MR) is 64.7 cm³/mol. The molecule has 1 aromatic rings. The van der Waals surface area contributed by atoms with Gasteiger partial charge < -0.3 is 24.3 Å². The Morgan fingerprint density at radius 1 is 1.39 bits per heavy atom. The fourth-order valence-electron chi connectivity index (χ4n) is 1.08. The molecule has 0 unspecified atom stereocenters. The highest BCUT2D eigenvalue weighted by atomic mass is 16.6. The van der Waals surface area contributed by atoms with Gasteiger partial charge in [0.25, 0.3) is 0 Å². The number of aliphatic hydroxyl groups is 1. The number of rotatable bonds is 5. The second-order valence-electron chi connectivity index (χ2n) is 5.08. The maximum Gasteiger partial charge on any atom is 0.529 e. The summed E-state index contributed by atoms with van der Waals surface area (Å²) in [6, 6.07) is 1.17. The molecule has 1 rings (SSSR count). The van der Waals surface area contributed by atoms with Crippen LogP contribution in [0.5, 0.6) is 0 Å². The van der Waals surface area contributed by atoms with E-state index in [0.29, 0.717) is 0 Å². The van der Waals surface area contributed by atoms with Gasteiger partial charge in [0.2, 0.25) is 0 Å². The van der Waals surface area contributed by atoms with Gasteiger partial charge in [-0.05, 0) is 33.8 Å². The lowest BCUT2D eigenvalue weighted by atomic mass is 9.81. The topological polar surface area (TPSA) is 100 Å². The zero-order valence-corrected chi connectivity index (χ0v) is 10.8. The highest BCUT2D eigenvalue weighted by molar-refractivity contribution is 6.58. The molecule has 0 aliphatic carbocycles. The molecule has 0 amide bonds. The van der Waals surface area contributed by atoms with Gasteiger partial charge in [0.05, 0.1) is 16.8 Å². The van der Waals surface area contributed by atoms with Crippen molar-refractivity contribution in [3.8, 4) is 0 Å². The third kappa shape index (κ3) is 3.13. The molecule has 1 heterocycles. The summed E-state index contributed by atoms with van der Waals surface area (Å²) in [6.07, 6.45) is 1.02. The minimum atomic E-state index is -1.44. The first-order chi connectivity index (χ1) is 8.04. The molecule has 0 fully saturated rings. The summed E-state index contributed by atoms with van der Waals surface area (Å²) in [5, 5.41) is 28.4. The molecular weight excluding hydrogens is 239 g/mol. The number of furan rings is 1. The molecule has 0 radical (unpaired) electrons. The van der Waals surface area contributed by atoms with Crippen LogP contribution >= 0.6 is 0 Å². The molecule has 0 saturated carbocycles. The van der Waals surface area contributed by atoms with Crippen LogP contribution in [0, 0.1) is 0 Å². The number of carboxylic acids is 1. The van der Waals surface area contributed by atoms with Crippen molar-refractivity contribution in [1.29, 1.82) is 0 Å². The molecule has 0 spiro atoms. The largest absolute Gasteiger partial charge is 0.529 e. The molecule has 1 aromatic heterocycles. The summed E-state index contributed by atoms with van der Waals surface area (Å²) in [6.45, 7) is 6.31. The van der Waals surface area contributed by atoms with Gasteiger partial charge in [0.15, 0.2) is 0 Å². The number of aromatic carboxylic acids is 1. The van der Waals surface area contributed by atoms with Crippen molar-refractivity contribution in [2.24, 2.45) is 0 Å². The van der Waals surface area contributed by atoms with E-state index in [9.17, 15) is 14.9 Å². The third-order valence-corrected chi connectivity index (χ3v) is 2.99. The summed E-state index contributed by atoms with van der Waals surface area (Å²) in [4.78, 5) is 10.7. The summed E-state index contributed by atoms with van der Waals surface area (Å²) < 4.78 is 10.2. The lowest BCUT2D eigenvalue weighted by Gasteiger charge is -2.38. The lowest BCUT2D eigenvalue weighted by molar-refractivity contribution is -0.0986. The fourth-order valence-corrected chi connectivity index (χ4v) is 1.08. The number of hydrogen-bond donors (Lipinski definition) is 3. The van der Waals surface area contributed by atoms with Crippen LogP contribution in [0.15, 0.2) is 16.7 Å². The van der Waals surface area contributed by atoms with Gasteiger partial charge in [0, 0.05) is 0 Å². The van der Waals surface area contributed by atoms with Gasteiger partial charge in [-0.2, -0.15) is 0 Å². The van der Waals surface area contributed by atoms with Crippen molar-refractivity contribution < 1.29 is 29.1 Å². The van der Waals surface area contributed by atoms with Crippen LogP contribution in [-0.2, 0) is 4.65 Å². The monoisotopic (exact) mass is 256 g/mol. The second kappa shape index (κ2) is 4.76. The Morgan fingerprint density at radius 3 is 2.33 bits per heavy atom. The van der Waals surface area contributed by atoms with Crippen LogP contribution < -0.4 is 5.66 Å². The average Bonchev–Trinajstić information content (AvgIpc) is 2.63. The van der Waals surface area contributed by atoms with E-state index >= 15 is 0 Å². The van der Waals surface area contributed by atoms with Crippen LogP contribution in [0.2, 0.25) is 0 Å². The standard InChI is InChI=1S/C11H17BO6/c1-10(2,15)11(3,4)18-12(16)8-5-7(6-17-8)9(13)14/h5-6,15-16H,1-4H3,(H,13,14). The summed E-state index contributed by atoms with van der Waals surface area (Å²) >= 11 is 0. The molecule has 0 bridgehead atoms. The van der Waals surface area contributed by atoms with E-state index in [1.807, 2.05) is 0 Å². The number of hydrogen-bond acceptors (Lipinski definition) is 5. The molecule has 7 heteroatoms. The average molecular weight is 256 g/mol. The van der Waals surface area contributed by atoms with Gasteiger partial charge in [-0.25, -0.2) is 4.79 Å². The molecular formula is C11H17BO6. The van der Waals surface area contributed by atoms with Gasteiger partial charge >= 0.3 is 13.1 Å². The molecule has 18 heavy (non-hydrogen) atoms. The van der Waals surface area contributed by atoms with Crippen molar-refractivity contribution in [2.75, 3.05) is 0 Å². The van der Waals surface area contributed by atoms with Gasteiger partial charge in [-0.1, -0.05) is 0 Å². The zero-order valence-electron chi connectivity index (χ0n) is 10.8. The van der Waals surface area contributed by atoms with Crippen LogP contribution in [-0.4, -0.2) is 39.5 Å². The number of carbonyl (C=O) groups is 1. The summed E-state index contributed by atoms with van der Waals surface area (Å²) in [5.41, 5.74) is -2.32. The van der Waals surface area contributed by atoms with E-state index in [2.05, 4.69) is 0 Å². The van der Waals surface area contributed by atoms with Gasteiger partial charge in [0.1, 0.15) is 11.9 Å². The smallest absolute Gasteiger partial charge is 0.478 e. The molecule has 3 N–H and O–H groups in total. The molecule has 0 saturated heterocycles. The highest BCUT2D eigenvalue weighted by Crippen LogP contribution is 2.25. The van der Waals surface area contributed by atoms with Crippen molar-refractivity contribution >= 4 is 18.7 Å². The Kier molecular flexibility index (Phi) is 3.90. The van der Waals surface area contributed by atoms with Gasteiger partial charge in [-0.15, -0.1) is 0 Å². The SMILES string of the molecule is CC(C)(O)C(C)(C)OB(O)c1cc(C(=O)O)co1. The van der Waals surface area contributed by atoms with E-state index in [0.717, 1.165) is 6.26 Å². The maximum absolute atomic E-state index is 10.7. The van der Waals surface area contributed by atoms with E-state index in [1.165, 1.54) is 6.07 Å². The second-order valence-corrected chi connectivity index (χ2v) is 5.08. The maximum atomic E-state index is 10.7. The van der Waals surface area contributed by atoms with Crippen molar-refractivity contribution in [3.63, 3.8) is 0 Å². The van der Waals surface area contributed by atoms with Crippen LogP contribution in [0.25, 0.3) is 0 Å². The van der Waals surface area contributed by atoms with E-state index in [-0.39, 0.29) is 11.2 Å². The van der Waals surface area contributed by atoms with Crippen LogP contribution in [0.1, 0.15) is 38.1 Å². The molecule has 0 atom stereocenters. The first-order valence-corrected chi connectivity index (χ1v) is 5.44. The third-order valence-electron chi connectivity index (χ3n) is 2.99. The number of carboxylic acid groups (broad SMARTS) is 1. The minimum absolute atomic E-state index is 0.0234. The summed E-state index contributed by atoms with van der Waals surface area (Å²) in [5.74, 6) is -1.15. The molecule has 6 nitrogen and oxygen atoms in total. The van der Waals surface area contributed by atoms with E-state index in [4.69, 9.17) is 14.2 Å². The van der Waals surface area contributed by atoms with Gasteiger partial charge in [-0.3, -0.25) is 0 Å². The van der Waals surface area contributed by atoms with Crippen molar-refractivity contribution in [2.45, 2.75) is 38.9 Å². The Bertz CT molecular complexity index is 431. The predicted octanol–water partition coefficient (Wildman–Crippen LogP) is 0.231. The van der Waals surface area contributed by atoms with E-state index < -0.39 is 24.3 Å². The Hall–Kier alpha value is -1.31. The van der Waals surface area contributed by atoms with Crippen molar-refractivity contribution in [3.05, 3.63) is 17.9 Å². The Labute approximate surface area is 105 Å². The molecule has 0 aliphatic rings. The Balaban J connectivity index is 2.82. The molecule has 0 aliphatic heterocycles. The minimum Gasteiger partial charge on any atom is -0.478 e. The lowest BCUT2D eigenvalue weighted by Crippen LogP contribution is -2.52. The first-order valence-electron chi connectivity index (χ1n) is 5.44. The van der Waals surface area contributed by atoms with Crippen LogP contribution in [0.3, 0.4) is 0 Å². The normalized spacial score (nSPS) is 12.6. The molecule has 100 valence electrons. The van der Waals surface area contributed by atoms with Crippen molar-refractivity contribution in [1.82, 2.24) is 0 Å². The fraction of sp³-hybridized carbons (Fsp3) is 0.545.